The molecule has 2 aliphatic rings. The SMILES string of the molecule is COCCNC(=O)[C@@H](C)[C@@H]1CC[C@]2(C)Cc3sc(NC(=O)c4ccncc4)nc3[C@@H](C)[C@@H]2[C@H]1O. The molecule has 4 rings (SSSR count). The van der Waals surface area contributed by atoms with E-state index in [-0.39, 0.29) is 40.9 Å². The highest BCUT2D eigenvalue weighted by Crippen LogP contribution is 2.57. The summed E-state index contributed by atoms with van der Waals surface area (Å²) >= 11 is 1.52. The first-order chi connectivity index (χ1) is 16.2. The topological polar surface area (TPSA) is 113 Å². The fourth-order valence-corrected chi connectivity index (χ4v) is 7.16. The highest BCUT2D eigenvalue weighted by atomic mass is 32.1. The second-order valence-corrected chi connectivity index (χ2v) is 11.0. The number of aliphatic hydroxyl groups excluding tert-OH is 1. The summed E-state index contributed by atoms with van der Waals surface area (Å²) in [5.74, 6) is -0.608. The van der Waals surface area contributed by atoms with Crippen LogP contribution in [0.2, 0.25) is 0 Å². The van der Waals surface area contributed by atoms with E-state index in [9.17, 15) is 14.7 Å². The van der Waals surface area contributed by atoms with Gasteiger partial charge in [-0.3, -0.25) is 19.9 Å². The van der Waals surface area contributed by atoms with E-state index in [4.69, 9.17) is 9.72 Å². The van der Waals surface area contributed by atoms with Crippen molar-refractivity contribution in [3.63, 3.8) is 0 Å². The van der Waals surface area contributed by atoms with Crippen LogP contribution < -0.4 is 10.6 Å². The number of aliphatic hydroxyl groups is 1. The number of aromatic nitrogens is 2. The molecular formula is C25H34N4O4S. The molecule has 1 fully saturated rings. The Morgan fingerprint density at radius 2 is 2.09 bits per heavy atom. The van der Waals surface area contributed by atoms with Crippen molar-refractivity contribution >= 4 is 28.3 Å². The van der Waals surface area contributed by atoms with Crippen molar-refractivity contribution in [2.75, 3.05) is 25.6 Å². The molecule has 9 heteroatoms. The minimum Gasteiger partial charge on any atom is -0.392 e. The molecule has 2 aliphatic carbocycles. The van der Waals surface area contributed by atoms with Gasteiger partial charge in [0.1, 0.15) is 0 Å². The molecule has 34 heavy (non-hydrogen) atoms. The Kier molecular flexibility index (Phi) is 7.35. The number of hydrogen-bond acceptors (Lipinski definition) is 7. The Morgan fingerprint density at radius 3 is 2.79 bits per heavy atom. The summed E-state index contributed by atoms with van der Waals surface area (Å²) in [5.41, 5.74) is 1.41. The molecule has 0 aromatic carbocycles. The Bertz CT molecular complexity index is 1030. The highest BCUT2D eigenvalue weighted by Gasteiger charge is 2.53. The average molecular weight is 487 g/mol. The molecule has 2 amide bonds. The smallest absolute Gasteiger partial charge is 0.257 e. The number of thiazole rings is 1. The van der Waals surface area contributed by atoms with E-state index < -0.39 is 6.10 Å². The molecule has 0 saturated heterocycles. The molecule has 0 bridgehead atoms. The second-order valence-electron chi connectivity index (χ2n) is 9.93. The van der Waals surface area contributed by atoms with Crippen LogP contribution in [-0.2, 0) is 16.0 Å². The minimum atomic E-state index is -0.596. The number of ether oxygens (including phenoxy) is 1. The summed E-state index contributed by atoms with van der Waals surface area (Å²) < 4.78 is 5.02. The van der Waals surface area contributed by atoms with Gasteiger partial charge in [0.15, 0.2) is 5.13 Å². The van der Waals surface area contributed by atoms with Gasteiger partial charge in [0.05, 0.1) is 18.4 Å². The van der Waals surface area contributed by atoms with Crippen LogP contribution in [-0.4, -0.2) is 53.3 Å². The fraction of sp³-hybridized carbons (Fsp3) is 0.600. The minimum absolute atomic E-state index is 0.00109. The number of carbonyl (C=O) groups is 2. The van der Waals surface area contributed by atoms with Crippen LogP contribution in [0, 0.1) is 23.2 Å². The van der Waals surface area contributed by atoms with Gasteiger partial charge in [0, 0.05) is 48.3 Å². The Hall–Kier alpha value is -2.36. The lowest BCUT2D eigenvalue weighted by Crippen LogP contribution is -2.53. The van der Waals surface area contributed by atoms with E-state index in [1.165, 1.54) is 16.2 Å². The quantitative estimate of drug-likeness (QED) is 0.518. The maximum absolute atomic E-state index is 12.7. The lowest BCUT2D eigenvalue weighted by molar-refractivity contribution is -0.135. The third kappa shape index (κ3) is 4.74. The molecule has 8 nitrogen and oxygen atoms in total. The molecule has 0 radical (unpaired) electrons. The van der Waals surface area contributed by atoms with Gasteiger partial charge in [-0.2, -0.15) is 0 Å². The van der Waals surface area contributed by atoms with Crippen LogP contribution in [0.1, 0.15) is 60.5 Å². The van der Waals surface area contributed by atoms with Crippen LogP contribution in [0.15, 0.2) is 24.5 Å². The Labute approximate surface area is 204 Å². The lowest BCUT2D eigenvalue weighted by Gasteiger charge is -2.53. The van der Waals surface area contributed by atoms with Gasteiger partial charge in [-0.15, -0.1) is 11.3 Å². The first-order valence-electron chi connectivity index (χ1n) is 11.9. The van der Waals surface area contributed by atoms with Gasteiger partial charge >= 0.3 is 0 Å². The molecule has 0 aliphatic heterocycles. The van der Waals surface area contributed by atoms with Crippen molar-refractivity contribution in [3.05, 3.63) is 40.7 Å². The summed E-state index contributed by atoms with van der Waals surface area (Å²) in [6, 6.07) is 3.34. The molecule has 2 aromatic rings. The maximum Gasteiger partial charge on any atom is 0.257 e. The van der Waals surface area contributed by atoms with Crippen LogP contribution in [0.25, 0.3) is 0 Å². The van der Waals surface area contributed by atoms with Crippen LogP contribution in [0.4, 0.5) is 5.13 Å². The maximum atomic E-state index is 12.7. The van der Waals surface area contributed by atoms with Gasteiger partial charge in [-0.1, -0.05) is 20.8 Å². The van der Waals surface area contributed by atoms with E-state index in [2.05, 4.69) is 29.5 Å². The van der Waals surface area contributed by atoms with Gasteiger partial charge < -0.3 is 15.2 Å². The summed E-state index contributed by atoms with van der Waals surface area (Å²) in [6.45, 7) is 7.21. The van der Waals surface area contributed by atoms with Crippen molar-refractivity contribution in [1.29, 1.82) is 0 Å². The zero-order valence-electron chi connectivity index (χ0n) is 20.2. The number of carbonyl (C=O) groups excluding carboxylic acids is 2. The van der Waals surface area contributed by atoms with Crippen molar-refractivity contribution in [2.45, 2.75) is 52.1 Å². The lowest BCUT2D eigenvalue weighted by atomic mass is 9.53. The molecule has 1 saturated carbocycles. The number of nitrogens with one attached hydrogen (secondary N) is 2. The van der Waals surface area contributed by atoms with E-state index >= 15 is 0 Å². The average Bonchev–Trinajstić information content (AvgIpc) is 3.21. The number of amides is 2. The summed E-state index contributed by atoms with van der Waals surface area (Å²) in [4.78, 5) is 35.2. The third-order valence-electron chi connectivity index (χ3n) is 7.75. The normalized spacial score (nSPS) is 29.0. The largest absolute Gasteiger partial charge is 0.392 e. The van der Waals surface area contributed by atoms with Gasteiger partial charge in [-0.25, -0.2) is 4.98 Å². The first kappa shape index (κ1) is 24.8. The molecule has 2 aromatic heterocycles. The Balaban J connectivity index is 1.51. The standard InChI is InChI=1S/C25H34N4O4S/c1-14(22(31)27-11-12-33-4)17-5-8-25(3)13-18-20(15(2)19(25)21(17)30)28-24(34-18)29-23(32)16-6-9-26-10-7-16/h6-7,9-10,14-15,17,19,21,30H,5,8,11-13H2,1-4H3,(H,27,31)(H,28,29,32)/t14-,15-,17-,19+,21-,25+/m0/s1. The number of methoxy groups -OCH3 is 1. The number of hydrogen-bond donors (Lipinski definition) is 3. The van der Waals surface area contributed by atoms with Crippen molar-refractivity contribution in [1.82, 2.24) is 15.3 Å². The van der Waals surface area contributed by atoms with Gasteiger partial charge in [0.2, 0.25) is 5.91 Å². The molecule has 184 valence electrons. The van der Waals surface area contributed by atoms with Crippen molar-refractivity contribution < 1.29 is 19.4 Å². The zero-order chi connectivity index (χ0) is 24.5. The fourth-order valence-electron chi connectivity index (χ4n) is 5.90. The Morgan fingerprint density at radius 1 is 1.35 bits per heavy atom. The second kappa shape index (κ2) is 10.1. The van der Waals surface area contributed by atoms with E-state index in [0.717, 1.165) is 25.0 Å². The van der Waals surface area contributed by atoms with Gasteiger partial charge in [0.25, 0.3) is 5.91 Å². The number of anilines is 1. The first-order valence-corrected chi connectivity index (χ1v) is 12.7. The third-order valence-corrected chi connectivity index (χ3v) is 8.73. The van der Waals surface area contributed by atoms with Crippen molar-refractivity contribution in [2.24, 2.45) is 23.2 Å². The molecule has 6 atom stereocenters. The monoisotopic (exact) mass is 486 g/mol. The van der Waals surface area contributed by atoms with E-state index in [1.807, 2.05) is 6.92 Å². The highest BCUT2D eigenvalue weighted by molar-refractivity contribution is 7.15. The number of nitrogens with zero attached hydrogens (tertiary/aromatic N) is 2. The van der Waals surface area contributed by atoms with E-state index in [0.29, 0.717) is 23.8 Å². The van der Waals surface area contributed by atoms with Crippen molar-refractivity contribution in [3.8, 4) is 0 Å². The molecule has 3 N–H and O–H groups in total. The summed E-state index contributed by atoms with van der Waals surface area (Å²) in [7, 11) is 1.61. The molecule has 0 unspecified atom stereocenters. The summed E-state index contributed by atoms with van der Waals surface area (Å²) in [5, 5.41) is 17.9. The number of rotatable bonds is 7. The predicted molar refractivity (Wildman–Crippen MR) is 131 cm³/mol. The predicted octanol–water partition coefficient (Wildman–Crippen LogP) is 3.24. The van der Waals surface area contributed by atoms with Crippen LogP contribution >= 0.6 is 11.3 Å². The zero-order valence-corrected chi connectivity index (χ0v) is 21.0. The van der Waals surface area contributed by atoms with Crippen LogP contribution in [0.3, 0.4) is 0 Å². The molecule has 0 spiro atoms. The van der Waals surface area contributed by atoms with E-state index in [1.54, 1.807) is 31.6 Å². The summed E-state index contributed by atoms with van der Waals surface area (Å²) in [6.07, 6.45) is 5.15. The number of fused-ring (bicyclic) bond motifs is 2. The molecule has 2 heterocycles. The van der Waals surface area contributed by atoms with Gasteiger partial charge in [-0.05, 0) is 48.6 Å². The molecular weight excluding hydrogens is 452 g/mol. The number of pyridine rings is 1. The van der Waals surface area contributed by atoms with Crippen LogP contribution in [0.5, 0.6) is 0 Å².